The molecule has 6 amide bonds. The van der Waals surface area contributed by atoms with Gasteiger partial charge in [-0.15, -0.1) is 11.3 Å². The van der Waals surface area contributed by atoms with Gasteiger partial charge in [0, 0.05) is 111 Å². The van der Waals surface area contributed by atoms with E-state index >= 15 is 0 Å². The lowest BCUT2D eigenvalue weighted by atomic mass is 9.38. The highest BCUT2D eigenvalue weighted by Gasteiger charge is 2.70. The predicted octanol–water partition coefficient (Wildman–Crippen LogP) is 16.7. The van der Waals surface area contributed by atoms with Gasteiger partial charge in [0.15, 0.2) is 31.4 Å². The fourth-order valence-corrected chi connectivity index (χ4v) is 20.5. The van der Waals surface area contributed by atoms with Crippen LogP contribution in [0.25, 0.3) is 10.6 Å². The lowest BCUT2D eigenvalue weighted by Crippen LogP contribution is -2.75. The summed E-state index contributed by atoms with van der Waals surface area (Å²) >= 11 is 24.8. The second-order valence-corrected chi connectivity index (χ2v) is 38.8. The Bertz CT molecular complexity index is 5700. The van der Waals surface area contributed by atoms with Crippen LogP contribution < -0.4 is 55.6 Å². The first-order valence-corrected chi connectivity index (χ1v) is 44.2. The van der Waals surface area contributed by atoms with Crippen molar-refractivity contribution in [2.24, 2.45) is 17.9 Å². The van der Waals surface area contributed by atoms with E-state index in [1.54, 1.807) is 59.7 Å². The molecule has 6 N–H and O–H groups in total. The Morgan fingerprint density at radius 1 is 0.520 bits per heavy atom. The number of nitriles is 1. The van der Waals surface area contributed by atoms with Crippen LogP contribution in [0.1, 0.15) is 201 Å². The van der Waals surface area contributed by atoms with E-state index in [4.69, 9.17) is 75.3 Å². The van der Waals surface area contributed by atoms with Crippen LogP contribution in [0.5, 0.6) is 28.7 Å². The van der Waals surface area contributed by atoms with Gasteiger partial charge >= 0.3 is 0 Å². The van der Waals surface area contributed by atoms with E-state index < -0.39 is 23.5 Å². The number of halogens is 7. The van der Waals surface area contributed by atoms with Crippen molar-refractivity contribution in [3.05, 3.63) is 228 Å². The monoisotopic (exact) mass is 1830 g/mol. The highest BCUT2D eigenvalue weighted by atomic mass is 35.5. The number of aryl methyl sites for hydroxylation is 4. The van der Waals surface area contributed by atoms with Gasteiger partial charge in [-0.2, -0.15) is 10.4 Å². The zero-order chi connectivity index (χ0) is 90.7. The van der Waals surface area contributed by atoms with Gasteiger partial charge in [0.2, 0.25) is 6.36 Å². The number of aromatic nitrogens is 5. The largest absolute Gasteiger partial charge is 0.486 e. The third kappa shape index (κ3) is 22.0. The number of nitrogens with zero attached hydrogens (tertiary/aromatic N) is 6. The van der Waals surface area contributed by atoms with Crippen LogP contribution in [0, 0.1) is 47.6 Å². The van der Waals surface area contributed by atoms with Crippen LogP contribution >= 0.6 is 57.7 Å². The number of fused-ring (bicyclic) bond motifs is 2. The number of nitrogens with one attached hydrogen (secondary N) is 6. The molecule has 25 nitrogen and oxygen atoms in total. The van der Waals surface area contributed by atoms with E-state index in [-0.39, 0.29) is 150 Å². The molecule has 1 unspecified atom stereocenters. The van der Waals surface area contributed by atoms with Crippen LogP contribution in [0.4, 0.5) is 13.2 Å². The number of carbonyl (C=O) groups excluding carboxylic acids is 8. The van der Waals surface area contributed by atoms with Gasteiger partial charge in [0.05, 0.1) is 28.0 Å². The van der Waals surface area contributed by atoms with E-state index in [0.717, 1.165) is 109 Å². The zero-order valence-electron chi connectivity index (χ0n) is 71.1. The first-order valence-electron chi connectivity index (χ1n) is 41.8. The van der Waals surface area contributed by atoms with E-state index in [1.807, 2.05) is 62.4 Å². The summed E-state index contributed by atoms with van der Waals surface area (Å²) in [4.78, 5) is 113. The fourth-order valence-electron chi connectivity index (χ4n) is 19.2. The quantitative estimate of drug-likeness (QED) is 0.0220. The number of thiazole rings is 1. The van der Waals surface area contributed by atoms with Gasteiger partial charge in [0.1, 0.15) is 74.8 Å². The molecule has 1 atom stereocenters. The number of amides is 6. The van der Waals surface area contributed by atoms with Crippen molar-refractivity contribution in [3.63, 3.8) is 0 Å². The van der Waals surface area contributed by atoms with E-state index in [2.05, 4.69) is 78.8 Å². The maximum Gasteiger partial charge on any atom is 0.271 e. The Morgan fingerprint density at radius 2 is 0.945 bits per heavy atom. The van der Waals surface area contributed by atoms with Crippen LogP contribution in [-0.2, 0) is 38.1 Å². The molecule has 0 aliphatic heterocycles. The van der Waals surface area contributed by atoms with E-state index in [9.17, 15) is 51.5 Å². The van der Waals surface area contributed by atoms with Crippen LogP contribution in [0.3, 0.4) is 0 Å². The van der Waals surface area contributed by atoms with Gasteiger partial charge < -0.3 is 55.6 Å². The molecule has 9 aromatic rings. The van der Waals surface area contributed by atoms with Crippen LogP contribution in [0.15, 0.2) is 151 Å². The number of pyridine rings is 2. The number of ketones is 2. The van der Waals surface area contributed by atoms with Crippen LogP contribution in [-0.4, -0.2) is 138 Å². The highest BCUT2D eigenvalue weighted by molar-refractivity contribution is 7.13. The second kappa shape index (κ2) is 37.3. The molecule has 12 aliphatic carbocycles. The molecule has 4 heterocycles. The lowest BCUT2D eigenvalue weighted by Gasteiger charge is -2.70. The summed E-state index contributed by atoms with van der Waals surface area (Å²) in [6, 6.07) is 39.0. The number of carbonyl (C=O) groups is 8. The normalized spacial score (nSPS) is 23.6. The van der Waals surface area contributed by atoms with Crippen molar-refractivity contribution in [1.29, 1.82) is 5.26 Å². The topological polar surface area (TPSA) is 335 Å². The maximum atomic E-state index is 13.5. The SMILES string of the molecule is CC(F)Oc1ccc(C(=O)NC23CCC(NC(=O)COc4ccc(Cl)c(F)c4)(C2)C3)nc1.Cc1cc(OCC(=O)CC23CC(NC(=O)c4csc(-c5ccccc5)n4)(C2)C3)ccc1Cl.Cc1cc(OCC(=O)NC23CCC(NC(=O)c4ccc(CCC#N)cn4)(C2)C3)ccc1Cl.Cn1nc(C(C)(C)C)cc1C(=O)CC12CC(NC(=O)COc3ccc(Cl)c(F)c3)(C1)C2. The fraction of sp³-hybridized carbons (Fsp3) is 0.415. The molecule has 0 spiro atoms. The summed E-state index contributed by atoms with van der Waals surface area (Å²) in [6.45, 7) is 10.8. The standard InChI is InChI=1S/C25H23ClN2O3S.C24H25ClN4O3.C23H27ClFN3O3.C22H22ClF2N3O4/c1-16-9-19(7-8-20(16)26)31-11-18(29)10-24-13-25(14-24,15-24)28-22(30)21-12-32-23(27-21)17-5-3-2-4-6-17;1-16-11-18(5-6-19(16)25)32-13-21(30)28-23-8-9-24(14-23,15-23)29-22(31)20-7-4-17(12-27-20)3-2-10-26;1-21(2,3)19-8-17(28(4)27-19)18(29)9-22-11-23(12-22,13-22)26-20(30)10-31-14-5-6-15(24)16(25)7-14;1-13(24)32-15-3-5-18(26-9-15)20(30)28-22-7-6-21(11-22,12-22)27-19(29)10-31-14-2-4-16(23)17(25)8-14/h2-9,12H,10-11,13-15H2,1H3,(H,28,30);4-7,11-12H,2-3,8-9,13-15H2,1H3,(H,28,30)(H,29,31);5-8H,9-13H2,1-4H3,(H,26,30);2-5,8-9,13H,6-7,10-12H2,1H3,(H,27,29)(H,28,30). The number of Topliss-reactive ketones (excluding diaryl/α,β-unsaturated/α-hetero) is 2. The summed E-state index contributed by atoms with van der Waals surface area (Å²) in [7, 11) is 1.80. The average molecular weight is 1830 g/mol. The minimum absolute atomic E-state index is 0.00580. The number of alkyl halides is 1. The first kappa shape index (κ1) is 92.0. The van der Waals surface area contributed by atoms with Gasteiger partial charge in [-0.25, -0.2) is 23.1 Å². The molecule has 0 saturated heterocycles. The minimum Gasteiger partial charge on any atom is -0.486 e. The summed E-state index contributed by atoms with van der Waals surface area (Å²) in [5.74, 6) is -0.482. The smallest absolute Gasteiger partial charge is 0.271 e. The molecule has 33 heteroatoms. The van der Waals surface area contributed by atoms with Gasteiger partial charge in [0.25, 0.3) is 35.4 Å². The molecule has 5 aromatic carbocycles. The Labute approximate surface area is 757 Å². The summed E-state index contributed by atoms with van der Waals surface area (Å²) < 4.78 is 68.3. The van der Waals surface area contributed by atoms with Crippen molar-refractivity contribution >= 4 is 105 Å². The molecule has 12 aliphatic rings. The highest BCUT2D eigenvalue weighted by Crippen LogP contribution is 2.70. The number of benzene rings is 5. The molecule has 4 aromatic heterocycles. The Morgan fingerprint density at radius 3 is 1.39 bits per heavy atom. The molecule has 12 fully saturated rings. The number of rotatable bonds is 31. The predicted molar refractivity (Wildman–Crippen MR) is 472 cm³/mol. The molecular formula is C94H97Cl4F3N12O13S. The van der Waals surface area contributed by atoms with Crippen LogP contribution in [0.2, 0.25) is 20.1 Å². The molecular weight excluding hydrogens is 1740 g/mol. The molecule has 0 radical (unpaired) electrons. The van der Waals surface area contributed by atoms with Crippen molar-refractivity contribution in [2.75, 3.05) is 26.4 Å². The number of hydrogen-bond acceptors (Lipinski definition) is 19. The molecule has 21 rings (SSSR count). The van der Waals surface area contributed by atoms with Gasteiger partial charge in [-0.1, -0.05) is 104 Å². The van der Waals surface area contributed by atoms with Gasteiger partial charge in [-0.3, -0.25) is 48.0 Å². The Hall–Kier alpha value is -11.2. The van der Waals surface area contributed by atoms with Gasteiger partial charge in [-0.05, 0) is 223 Å². The molecule has 8 bridgehead atoms. The van der Waals surface area contributed by atoms with Crippen molar-refractivity contribution in [2.45, 2.75) is 202 Å². The summed E-state index contributed by atoms with van der Waals surface area (Å²) in [5.41, 5.74) is 4.42. The second-order valence-electron chi connectivity index (χ2n) is 36.3. The Kier molecular flexibility index (Phi) is 27.0. The molecule has 127 heavy (non-hydrogen) atoms. The van der Waals surface area contributed by atoms with E-state index in [0.29, 0.717) is 90.0 Å². The minimum atomic E-state index is -1.47. The summed E-state index contributed by atoms with van der Waals surface area (Å²) in [5, 5.41) is 35.5. The maximum absolute atomic E-state index is 13.5. The average Bonchev–Trinajstić information content (AvgIpc) is 1.17. The number of ether oxygens (including phenoxy) is 5. The summed E-state index contributed by atoms with van der Waals surface area (Å²) in [6.07, 6.45) is 14.1. The van der Waals surface area contributed by atoms with Crippen molar-refractivity contribution < 1.29 is 75.2 Å². The third-order valence-electron chi connectivity index (χ3n) is 24.7. The third-order valence-corrected chi connectivity index (χ3v) is 27.1. The molecule has 12 saturated carbocycles. The first-order chi connectivity index (χ1) is 60.2. The van der Waals surface area contributed by atoms with Crippen molar-refractivity contribution in [1.82, 2.24) is 56.6 Å². The zero-order valence-corrected chi connectivity index (χ0v) is 75.0. The number of hydrogen-bond donors (Lipinski definition) is 6. The van der Waals surface area contributed by atoms with Crippen molar-refractivity contribution in [3.8, 4) is 45.4 Å². The lowest BCUT2D eigenvalue weighted by molar-refractivity contribution is -0.164. The van der Waals surface area contributed by atoms with E-state index in [1.165, 1.54) is 60.9 Å². The molecule has 666 valence electrons. The Balaban J connectivity index is 0.000000137.